The first-order chi connectivity index (χ1) is 8.59. The summed E-state index contributed by atoms with van der Waals surface area (Å²) >= 11 is 0. The van der Waals surface area contributed by atoms with Gasteiger partial charge in [-0.15, -0.1) is 0 Å². The number of allylic oxidation sites excluding steroid dienone is 3. The smallest absolute Gasteiger partial charge is 0.235 e. The average molecular weight is 238 g/mol. The lowest BCUT2D eigenvalue weighted by Crippen LogP contribution is -2.46. The molecule has 1 aliphatic heterocycles. The third kappa shape index (κ3) is 1.45. The van der Waals surface area contributed by atoms with E-state index < -0.39 is 0 Å². The molecule has 0 bridgehead atoms. The summed E-state index contributed by atoms with van der Waals surface area (Å²) in [4.78, 5) is 2.04. The van der Waals surface area contributed by atoms with Crippen LogP contribution in [0, 0.1) is 20.7 Å². The van der Waals surface area contributed by atoms with Crippen molar-refractivity contribution in [2.75, 3.05) is 0 Å². The van der Waals surface area contributed by atoms with E-state index in [1.54, 1.807) is 0 Å². The monoisotopic (exact) mass is 238 g/mol. The number of fused-ring (bicyclic) bond motifs is 2. The van der Waals surface area contributed by atoms with E-state index in [4.69, 9.17) is 0 Å². The van der Waals surface area contributed by atoms with Crippen molar-refractivity contribution >= 4 is 5.70 Å². The van der Waals surface area contributed by atoms with Crippen LogP contribution < -0.4 is 9.59 Å². The molecule has 1 aliphatic carbocycles. The zero-order chi connectivity index (χ0) is 12.9. The lowest BCUT2D eigenvalue weighted by atomic mass is 9.92. The third-order valence-corrected chi connectivity index (χ3v) is 3.94. The molecule has 2 heteroatoms. The Balaban J connectivity index is 2.46. The van der Waals surface area contributed by atoms with Crippen LogP contribution in [-0.4, -0.2) is 4.90 Å². The van der Waals surface area contributed by atoms with E-state index in [1.165, 1.54) is 33.6 Å². The lowest BCUT2D eigenvalue weighted by molar-refractivity contribution is -0.523. The highest BCUT2D eigenvalue weighted by atomic mass is 15.1. The van der Waals surface area contributed by atoms with Crippen LogP contribution in [-0.2, 0) is 6.42 Å². The number of hydrogen-bond acceptors (Lipinski definition) is 1. The quantitative estimate of drug-likeness (QED) is 0.495. The number of nitrogens with zero attached hydrogens (tertiary/aromatic N) is 2. The first kappa shape index (κ1) is 11.3. The zero-order valence-electron chi connectivity index (χ0n) is 11.0. The van der Waals surface area contributed by atoms with Crippen LogP contribution >= 0.6 is 0 Å². The normalized spacial score (nSPS) is 17.9. The van der Waals surface area contributed by atoms with Crippen molar-refractivity contribution in [1.82, 2.24) is 4.90 Å². The molecule has 0 atom stereocenters. The fourth-order valence-electron chi connectivity index (χ4n) is 2.71. The molecule has 1 aromatic rings. The SMILES string of the molecule is C=[n+]1c(C)ccc2c1=C1C(=CC=C(C)N1[CH2-])CC2. The Hall–Kier alpha value is -1.83. The number of pyridine rings is 1. The Labute approximate surface area is 108 Å². The fourth-order valence-corrected chi connectivity index (χ4v) is 2.71. The van der Waals surface area contributed by atoms with E-state index in [9.17, 15) is 0 Å². The first-order valence-electron chi connectivity index (χ1n) is 6.31. The highest BCUT2D eigenvalue weighted by molar-refractivity contribution is 5.68. The van der Waals surface area contributed by atoms with E-state index in [0.29, 0.717) is 0 Å². The largest absolute Gasteiger partial charge is 0.495 e. The third-order valence-electron chi connectivity index (χ3n) is 3.94. The van der Waals surface area contributed by atoms with Crippen LogP contribution in [0.5, 0.6) is 0 Å². The fraction of sp³-hybridized carbons (Fsp3) is 0.250. The van der Waals surface area contributed by atoms with Gasteiger partial charge in [0.1, 0.15) is 6.72 Å². The molecule has 18 heavy (non-hydrogen) atoms. The molecule has 2 heterocycles. The van der Waals surface area contributed by atoms with Crippen molar-refractivity contribution in [2.45, 2.75) is 26.7 Å². The second-order valence-electron chi connectivity index (χ2n) is 5.05. The van der Waals surface area contributed by atoms with Gasteiger partial charge in [0.05, 0.1) is 5.70 Å². The van der Waals surface area contributed by atoms with E-state index in [-0.39, 0.29) is 0 Å². The molecular weight excluding hydrogens is 220 g/mol. The van der Waals surface area contributed by atoms with Crippen LogP contribution in [0.1, 0.15) is 24.6 Å². The number of aromatic nitrogens is 1. The second kappa shape index (κ2) is 3.84. The van der Waals surface area contributed by atoms with Crippen LogP contribution in [0.2, 0.25) is 0 Å². The molecule has 2 aliphatic rings. The van der Waals surface area contributed by atoms with E-state index >= 15 is 0 Å². The van der Waals surface area contributed by atoms with Gasteiger partial charge in [-0.25, -0.2) is 0 Å². The number of rotatable bonds is 0. The van der Waals surface area contributed by atoms with Gasteiger partial charge < -0.3 is 4.90 Å². The van der Waals surface area contributed by atoms with E-state index in [2.05, 4.69) is 51.9 Å². The minimum atomic E-state index is 1.08. The Bertz CT molecular complexity index is 693. The topological polar surface area (TPSA) is 9.14 Å². The molecule has 92 valence electrons. The van der Waals surface area contributed by atoms with Crippen LogP contribution in [0.3, 0.4) is 0 Å². The van der Waals surface area contributed by atoms with Crippen molar-refractivity contribution in [2.24, 2.45) is 0 Å². The predicted molar refractivity (Wildman–Crippen MR) is 72.5 cm³/mol. The highest BCUT2D eigenvalue weighted by Gasteiger charge is 2.23. The van der Waals surface area contributed by atoms with Gasteiger partial charge in [-0.1, -0.05) is 6.08 Å². The Kier molecular flexibility index (Phi) is 2.40. The molecule has 0 N–H and O–H groups in total. The Morgan fingerprint density at radius 2 is 2.00 bits per heavy atom. The molecule has 3 rings (SSSR count). The summed E-state index contributed by atoms with van der Waals surface area (Å²) < 4.78 is 2.04. The molecule has 0 spiro atoms. The minimum absolute atomic E-state index is 1.08. The van der Waals surface area contributed by atoms with Crippen molar-refractivity contribution in [3.63, 3.8) is 0 Å². The molecule has 0 radical (unpaired) electrons. The predicted octanol–water partition coefficient (Wildman–Crippen LogP) is 1.91. The minimum Gasteiger partial charge on any atom is -0.495 e. The molecular formula is C16H18N2. The van der Waals surface area contributed by atoms with Gasteiger partial charge in [-0.05, 0) is 43.2 Å². The van der Waals surface area contributed by atoms with Crippen molar-refractivity contribution in [3.05, 3.63) is 65.9 Å². The van der Waals surface area contributed by atoms with Crippen LogP contribution in [0.25, 0.3) is 5.70 Å². The lowest BCUT2D eigenvalue weighted by Gasteiger charge is -2.36. The van der Waals surface area contributed by atoms with Gasteiger partial charge in [0.2, 0.25) is 5.35 Å². The maximum absolute atomic E-state index is 4.18. The summed E-state index contributed by atoms with van der Waals surface area (Å²) in [7, 11) is 4.18. The van der Waals surface area contributed by atoms with Gasteiger partial charge in [0, 0.05) is 18.6 Å². The molecule has 0 fully saturated rings. The van der Waals surface area contributed by atoms with Crippen molar-refractivity contribution in [1.29, 1.82) is 0 Å². The van der Waals surface area contributed by atoms with Gasteiger partial charge in [-0.2, -0.15) is 4.24 Å². The van der Waals surface area contributed by atoms with Gasteiger partial charge in [-0.3, -0.25) is 7.05 Å². The summed E-state index contributed by atoms with van der Waals surface area (Å²) in [6, 6.07) is 4.36. The summed E-state index contributed by atoms with van der Waals surface area (Å²) in [5.74, 6) is 0. The molecule has 1 aromatic heterocycles. The first-order valence-corrected chi connectivity index (χ1v) is 6.31. The van der Waals surface area contributed by atoms with Gasteiger partial charge in [0.15, 0.2) is 5.69 Å². The standard InChI is InChI=1S/C16H18N2/c1-11-5-7-13-9-10-14-8-6-12(2)18(4)16(14)15(13)17(11)3/h5-8H,3-4,9-10H2,1-2H3. The summed E-state index contributed by atoms with van der Waals surface area (Å²) in [6.07, 6.45) is 6.53. The summed E-state index contributed by atoms with van der Waals surface area (Å²) in [6.45, 7) is 8.35. The maximum Gasteiger partial charge on any atom is 0.235 e. The van der Waals surface area contributed by atoms with Crippen LogP contribution in [0.4, 0.5) is 0 Å². The molecule has 2 nitrogen and oxygen atoms in total. The van der Waals surface area contributed by atoms with Crippen LogP contribution in [0.15, 0.2) is 35.6 Å². The number of aryl methyl sites for hydroxylation is 2. The highest BCUT2D eigenvalue weighted by Crippen LogP contribution is 2.29. The molecule has 0 amide bonds. The average Bonchev–Trinajstić information content (AvgIpc) is 2.38. The molecule has 0 unspecified atom stereocenters. The van der Waals surface area contributed by atoms with Gasteiger partial charge >= 0.3 is 0 Å². The van der Waals surface area contributed by atoms with Gasteiger partial charge in [0.25, 0.3) is 0 Å². The second-order valence-corrected chi connectivity index (χ2v) is 5.05. The van der Waals surface area contributed by atoms with Crippen molar-refractivity contribution < 1.29 is 4.24 Å². The maximum atomic E-state index is 4.18. The van der Waals surface area contributed by atoms with Crippen molar-refractivity contribution in [3.8, 4) is 0 Å². The molecule has 0 saturated carbocycles. The summed E-state index contributed by atoms with van der Waals surface area (Å²) in [5, 5.41) is 1.22. The Morgan fingerprint density at radius 3 is 2.78 bits per heavy atom. The molecule has 0 saturated heterocycles. The summed E-state index contributed by atoms with van der Waals surface area (Å²) in [5.41, 5.74) is 6.29. The van der Waals surface area contributed by atoms with E-state index in [1.807, 2.05) is 9.14 Å². The van der Waals surface area contributed by atoms with E-state index in [0.717, 1.165) is 12.8 Å². The Morgan fingerprint density at radius 1 is 1.22 bits per heavy atom. The zero-order valence-corrected chi connectivity index (χ0v) is 11.0. The number of hydrogen-bond donors (Lipinski definition) is 0. The molecule has 0 aromatic carbocycles.